The van der Waals surface area contributed by atoms with Crippen LogP contribution in [0.2, 0.25) is 0 Å². The predicted molar refractivity (Wildman–Crippen MR) is 65.4 cm³/mol. The van der Waals surface area contributed by atoms with E-state index >= 15 is 0 Å². The first-order valence-electron chi connectivity index (χ1n) is 5.95. The van der Waals surface area contributed by atoms with Crippen LogP contribution in [0.3, 0.4) is 0 Å². The molecular formula is C12H20N4. The molecule has 0 aromatic carbocycles. The Labute approximate surface area is 97.1 Å². The molecule has 88 valence electrons. The third-order valence-corrected chi connectivity index (χ3v) is 2.83. The summed E-state index contributed by atoms with van der Waals surface area (Å²) in [5.41, 5.74) is 1.06. The largest absolute Gasteiger partial charge is 0.347 e. The van der Waals surface area contributed by atoms with Crippen LogP contribution in [0, 0.1) is 5.92 Å². The summed E-state index contributed by atoms with van der Waals surface area (Å²) in [6.07, 6.45) is 5.99. The molecule has 1 heterocycles. The number of aromatic nitrogens is 2. The minimum Gasteiger partial charge on any atom is -0.347 e. The van der Waals surface area contributed by atoms with Gasteiger partial charge in [-0.2, -0.15) is 0 Å². The van der Waals surface area contributed by atoms with Crippen molar-refractivity contribution in [2.45, 2.75) is 25.8 Å². The standard InChI is InChI=1S/C12H20N4/c1-16(2)12-14-8-6-11(15-12)9-13-7-5-10-3-4-10/h6,8,10,13H,3-5,7,9H2,1-2H3. The van der Waals surface area contributed by atoms with Gasteiger partial charge < -0.3 is 10.2 Å². The van der Waals surface area contributed by atoms with E-state index in [4.69, 9.17) is 0 Å². The van der Waals surface area contributed by atoms with Gasteiger partial charge in [-0.15, -0.1) is 0 Å². The van der Waals surface area contributed by atoms with Crippen molar-refractivity contribution >= 4 is 5.95 Å². The Morgan fingerprint density at radius 2 is 2.25 bits per heavy atom. The van der Waals surface area contributed by atoms with Crippen LogP contribution in [-0.2, 0) is 6.54 Å². The third-order valence-electron chi connectivity index (χ3n) is 2.83. The fraction of sp³-hybridized carbons (Fsp3) is 0.667. The molecule has 1 aromatic rings. The van der Waals surface area contributed by atoms with Gasteiger partial charge in [0.2, 0.25) is 5.95 Å². The van der Waals surface area contributed by atoms with Gasteiger partial charge in [0.1, 0.15) is 0 Å². The highest BCUT2D eigenvalue weighted by Crippen LogP contribution is 2.31. The quantitative estimate of drug-likeness (QED) is 0.736. The van der Waals surface area contributed by atoms with Gasteiger partial charge in [0.25, 0.3) is 0 Å². The normalized spacial score (nSPS) is 15.1. The number of rotatable bonds is 6. The topological polar surface area (TPSA) is 41.1 Å². The first-order chi connectivity index (χ1) is 7.75. The van der Waals surface area contributed by atoms with Crippen molar-refractivity contribution in [1.29, 1.82) is 0 Å². The molecule has 1 saturated carbocycles. The molecule has 0 aliphatic heterocycles. The maximum Gasteiger partial charge on any atom is 0.225 e. The van der Waals surface area contributed by atoms with Gasteiger partial charge in [0, 0.05) is 26.8 Å². The summed E-state index contributed by atoms with van der Waals surface area (Å²) in [6, 6.07) is 1.97. The number of anilines is 1. The maximum absolute atomic E-state index is 4.46. The highest BCUT2D eigenvalue weighted by atomic mass is 15.2. The van der Waals surface area contributed by atoms with E-state index in [1.54, 1.807) is 0 Å². The van der Waals surface area contributed by atoms with Crippen molar-refractivity contribution in [3.05, 3.63) is 18.0 Å². The van der Waals surface area contributed by atoms with E-state index in [0.29, 0.717) is 0 Å². The summed E-state index contributed by atoms with van der Waals surface area (Å²) in [6.45, 7) is 1.95. The van der Waals surface area contributed by atoms with E-state index < -0.39 is 0 Å². The average molecular weight is 220 g/mol. The molecule has 0 atom stereocenters. The van der Waals surface area contributed by atoms with E-state index in [1.165, 1.54) is 19.3 Å². The Balaban J connectivity index is 1.76. The molecule has 0 unspecified atom stereocenters. The summed E-state index contributed by atoms with van der Waals surface area (Å²) >= 11 is 0. The molecule has 2 rings (SSSR count). The molecular weight excluding hydrogens is 200 g/mol. The molecule has 16 heavy (non-hydrogen) atoms. The van der Waals surface area contributed by atoms with Gasteiger partial charge in [0.05, 0.1) is 5.69 Å². The lowest BCUT2D eigenvalue weighted by atomic mass is 10.3. The molecule has 0 spiro atoms. The fourth-order valence-electron chi connectivity index (χ4n) is 1.63. The number of hydrogen-bond donors (Lipinski definition) is 1. The number of nitrogens with one attached hydrogen (secondary N) is 1. The van der Waals surface area contributed by atoms with Crippen molar-refractivity contribution in [3.63, 3.8) is 0 Å². The van der Waals surface area contributed by atoms with Crippen LogP contribution < -0.4 is 10.2 Å². The van der Waals surface area contributed by atoms with Crippen molar-refractivity contribution in [3.8, 4) is 0 Å². The summed E-state index contributed by atoms with van der Waals surface area (Å²) in [4.78, 5) is 10.6. The van der Waals surface area contributed by atoms with Gasteiger partial charge in [-0.05, 0) is 24.9 Å². The molecule has 4 heteroatoms. The second-order valence-electron chi connectivity index (χ2n) is 4.65. The second-order valence-corrected chi connectivity index (χ2v) is 4.65. The van der Waals surface area contributed by atoms with E-state index in [9.17, 15) is 0 Å². The van der Waals surface area contributed by atoms with E-state index in [0.717, 1.165) is 30.6 Å². The van der Waals surface area contributed by atoms with Crippen LogP contribution in [0.5, 0.6) is 0 Å². The predicted octanol–water partition coefficient (Wildman–Crippen LogP) is 1.43. The zero-order valence-corrected chi connectivity index (χ0v) is 10.1. The molecule has 4 nitrogen and oxygen atoms in total. The van der Waals surface area contributed by atoms with Crippen LogP contribution in [0.4, 0.5) is 5.95 Å². The first kappa shape index (κ1) is 11.3. The van der Waals surface area contributed by atoms with E-state index in [-0.39, 0.29) is 0 Å². The first-order valence-corrected chi connectivity index (χ1v) is 5.95. The average Bonchev–Trinajstić information content (AvgIpc) is 3.09. The van der Waals surface area contributed by atoms with E-state index in [2.05, 4.69) is 15.3 Å². The van der Waals surface area contributed by atoms with Gasteiger partial charge in [0.15, 0.2) is 0 Å². The highest BCUT2D eigenvalue weighted by molar-refractivity contribution is 5.26. The maximum atomic E-state index is 4.46. The Bertz CT molecular complexity index is 334. The molecule has 1 fully saturated rings. The SMILES string of the molecule is CN(C)c1nccc(CNCCC2CC2)n1. The molecule has 1 aromatic heterocycles. The van der Waals surface area contributed by atoms with Gasteiger partial charge in [-0.1, -0.05) is 12.8 Å². The Kier molecular flexibility index (Phi) is 3.72. The Hall–Kier alpha value is -1.16. The zero-order chi connectivity index (χ0) is 11.4. The minimum absolute atomic E-state index is 0.779. The lowest BCUT2D eigenvalue weighted by Gasteiger charge is -2.11. The molecule has 1 aliphatic rings. The number of nitrogens with zero attached hydrogens (tertiary/aromatic N) is 3. The molecule has 1 aliphatic carbocycles. The summed E-state index contributed by atoms with van der Waals surface area (Å²) in [5, 5.41) is 3.43. The Morgan fingerprint density at radius 1 is 1.44 bits per heavy atom. The minimum atomic E-state index is 0.779. The number of hydrogen-bond acceptors (Lipinski definition) is 4. The van der Waals surface area contributed by atoms with Crippen molar-refractivity contribution in [1.82, 2.24) is 15.3 Å². The molecule has 0 radical (unpaired) electrons. The van der Waals surface area contributed by atoms with Crippen molar-refractivity contribution in [2.24, 2.45) is 5.92 Å². The van der Waals surface area contributed by atoms with Gasteiger partial charge in [-0.25, -0.2) is 9.97 Å². The van der Waals surface area contributed by atoms with Crippen LogP contribution in [0.25, 0.3) is 0 Å². The molecule has 0 saturated heterocycles. The van der Waals surface area contributed by atoms with Gasteiger partial charge >= 0.3 is 0 Å². The smallest absolute Gasteiger partial charge is 0.225 e. The van der Waals surface area contributed by atoms with Crippen molar-refractivity contribution in [2.75, 3.05) is 25.5 Å². The Morgan fingerprint density at radius 3 is 2.94 bits per heavy atom. The lowest BCUT2D eigenvalue weighted by molar-refractivity contribution is 0.606. The zero-order valence-electron chi connectivity index (χ0n) is 10.1. The van der Waals surface area contributed by atoms with Crippen molar-refractivity contribution < 1.29 is 0 Å². The summed E-state index contributed by atoms with van der Waals surface area (Å²) in [7, 11) is 3.92. The monoisotopic (exact) mass is 220 g/mol. The summed E-state index contributed by atoms with van der Waals surface area (Å²) < 4.78 is 0. The van der Waals surface area contributed by atoms with Crippen LogP contribution in [-0.4, -0.2) is 30.6 Å². The highest BCUT2D eigenvalue weighted by Gasteiger charge is 2.19. The van der Waals surface area contributed by atoms with E-state index in [1.807, 2.05) is 31.3 Å². The summed E-state index contributed by atoms with van der Waals surface area (Å²) in [5.74, 6) is 1.77. The molecule has 0 amide bonds. The second kappa shape index (κ2) is 5.25. The van der Waals surface area contributed by atoms with Crippen LogP contribution >= 0.6 is 0 Å². The lowest BCUT2D eigenvalue weighted by Crippen LogP contribution is -2.18. The van der Waals surface area contributed by atoms with Crippen LogP contribution in [0.15, 0.2) is 12.3 Å². The fourth-order valence-corrected chi connectivity index (χ4v) is 1.63. The van der Waals surface area contributed by atoms with Gasteiger partial charge in [-0.3, -0.25) is 0 Å². The van der Waals surface area contributed by atoms with Crippen LogP contribution in [0.1, 0.15) is 25.0 Å². The third kappa shape index (κ3) is 3.45. The molecule has 1 N–H and O–H groups in total. The molecule has 0 bridgehead atoms.